The second-order valence-electron chi connectivity index (χ2n) is 8.78. The average Bonchev–Trinajstić information content (AvgIpc) is 3.05. The van der Waals surface area contributed by atoms with Crippen LogP contribution in [0.1, 0.15) is 49.4 Å². The number of carbonyl (C=O) groups is 2. The predicted molar refractivity (Wildman–Crippen MR) is 117 cm³/mol. The summed E-state index contributed by atoms with van der Waals surface area (Å²) in [6, 6.07) is 14.0. The molecule has 2 amide bonds. The molecule has 29 heavy (non-hydrogen) atoms. The summed E-state index contributed by atoms with van der Waals surface area (Å²) < 4.78 is 0. The van der Waals surface area contributed by atoms with Gasteiger partial charge in [-0.15, -0.1) is 0 Å². The molecule has 1 saturated heterocycles. The Hall–Kier alpha value is -2.95. The zero-order valence-corrected chi connectivity index (χ0v) is 17.8. The first kappa shape index (κ1) is 20.8. The van der Waals surface area contributed by atoms with Gasteiger partial charge in [-0.25, -0.2) is 5.43 Å². The maximum Gasteiger partial charge on any atom is 0.245 e. The molecule has 5 heteroatoms. The maximum atomic E-state index is 12.5. The normalized spacial score (nSPS) is 17.2. The lowest BCUT2D eigenvalue weighted by atomic mass is 9.87. The number of amides is 2. The fourth-order valence-corrected chi connectivity index (χ4v) is 3.36. The fourth-order valence-electron chi connectivity index (χ4n) is 3.36. The Bertz CT molecular complexity index is 940. The summed E-state index contributed by atoms with van der Waals surface area (Å²) in [4.78, 5) is 26.5. The van der Waals surface area contributed by atoms with Gasteiger partial charge in [0.25, 0.3) is 0 Å². The molecule has 0 spiro atoms. The summed E-state index contributed by atoms with van der Waals surface area (Å²) in [5, 5.41) is 4.07. The number of hydrazone groups is 1. The number of nitrogens with one attached hydrogen (secondary N) is 1. The van der Waals surface area contributed by atoms with E-state index in [1.807, 2.05) is 44.2 Å². The Morgan fingerprint density at radius 1 is 1.10 bits per heavy atom. The summed E-state index contributed by atoms with van der Waals surface area (Å²) in [5.74, 6) is -0.660. The first-order valence-electron chi connectivity index (χ1n) is 9.96. The van der Waals surface area contributed by atoms with Crippen LogP contribution in [0.25, 0.3) is 0 Å². The van der Waals surface area contributed by atoms with E-state index in [1.165, 1.54) is 11.1 Å². The molecular weight excluding hydrogens is 362 g/mol. The molecule has 3 rings (SSSR count). The van der Waals surface area contributed by atoms with Crippen LogP contribution in [0.15, 0.2) is 47.6 Å². The molecule has 0 aliphatic carbocycles. The van der Waals surface area contributed by atoms with E-state index in [0.717, 1.165) is 16.8 Å². The van der Waals surface area contributed by atoms with E-state index in [0.29, 0.717) is 6.54 Å². The van der Waals surface area contributed by atoms with E-state index < -0.39 is 5.92 Å². The van der Waals surface area contributed by atoms with Gasteiger partial charge in [-0.3, -0.25) is 9.59 Å². The second-order valence-corrected chi connectivity index (χ2v) is 8.78. The number of benzene rings is 2. The first-order valence-corrected chi connectivity index (χ1v) is 9.96. The summed E-state index contributed by atoms with van der Waals surface area (Å²) in [5.41, 5.74) is 7.99. The highest BCUT2D eigenvalue weighted by atomic mass is 16.2. The highest BCUT2D eigenvalue weighted by Gasteiger charge is 2.35. The average molecular weight is 392 g/mol. The number of rotatable bonds is 4. The molecule has 1 aliphatic rings. The monoisotopic (exact) mass is 391 g/mol. The van der Waals surface area contributed by atoms with Gasteiger partial charge in [0.05, 0.1) is 12.1 Å². The molecule has 5 nitrogen and oxygen atoms in total. The number of anilines is 1. The van der Waals surface area contributed by atoms with Crippen LogP contribution >= 0.6 is 0 Å². The molecule has 0 aromatic heterocycles. The van der Waals surface area contributed by atoms with Crippen molar-refractivity contribution in [1.82, 2.24) is 5.43 Å². The Labute approximate surface area is 172 Å². The minimum absolute atomic E-state index is 0.0323. The Morgan fingerprint density at radius 3 is 2.41 bits per heavy atom. The molecule has 1 aliphatic heterocycles. The third-order valence-electron chi connectivity index (χ3n) is 5.46. The zero-order valence-electron chi connectivity index (χ0n) is 17.8. The summed E-state index contributed by atoms with van der Waals surface area (Å²) in [7, 11) is 0. The lowest BCUT2D eigenvalue weighted by Crippen LogP contribution is -2.30. The predicted octanol–water partition coefficient (Wildman–Crippen LogP) is 4.10. The Morgan fingerprint density at radius 2 is 1.79 bits per heavy atom. The molecule has 1 fully saturated rings. The minimum Gasteiger partial charge on any atom is -0.312 e. The van der Waals surface area contributed by atoms with Gasteiger partial charge in [0, 0.05) is 18.7 Å². The number of carbonyl (C=O) groups excluding carboxylic acids is 2. The van der Waals surface area contributed by atoms with Crippen molar-refractivity contribution in [2.75, 3.05) is 11.4 Å². The van der Waals surface area contributed by atoms with Crippen molar-refractivity contribution >= 4 is 23.7 Å². The molecular formula is C24H29N3O2. The highest BCUT2D eigenvalue weighted by molar-refractivity contribution is 6.00. The van der Waals surface area contributed by atoms with Crippen molar-refractivity contribution in [2.24, 2.45) is 11.0 Å². The molecule has 0 bridgehead atoms. The number of hydrogen-bond donors (Lipinski definition) is 1. The van der Waals surface area contributed by atoms with Gasteiger partial charge in [-0.2, -0.15) is 5.10 Å². The van der Waals surface area contributed by atoms with Gasteiger partial charge in [-0.05, 0) is 53.6 Å². The summed E-state index contributed by atoms with van der Waals surface area (Å²) in [6.45, 7) is 10.9. The molecule has 1 atom stereocenters. The first-order chi connectivity index (χ1) is 13.6. The number of nitrogens with zero attached hydrogens (tertiary/aromatic N) is 2. The molecule has 0 radical (unpaired) electrons. The quantitative estimate of drug-likeness (QED) is 0.630. The van der Waals surface area contributed by atoms with Crippen molar-refractivity contribution in [3.63, 3.8) is 0 Å². The van der Waals surface area contributed by atoms with Crippen LogP contribution in [-0.2, 0) is 15.0 Å². The van der Waals surface area contributed by atoms with Crippen molar-refractivity contribution < 1.29 is 9.59 Å². The maximum absolute atomic E-state index is 12.5. The van der Waals surface area contributed by atoms with E-state index in [4.69, 9.17) is 0 Å². The van der Waals surface area contributed by atoms with Gasteiger partial charge < -0.3 is 4.90 Å². The third-order valence-corrected chi connectivity index (χ3v) is 5.46. The van der Waals surface area contributed by atoms with Crippen LogP contribution in [0.5, 0.6) is 0 Å². The largest absolute Gasteiger partial charge is 0.312 e. The van der Waals surface area contributed by atoms with Crippen LogP contribution in [0.3, 0.4) is 0 Å². The van der Waals surface area contributed by atoms with Gasteiger partial charge >= 0.3 is 0 Å². The van der Waals surface area contributed by atoms with Crippen molar-refractivity contribution in [1.29, 1.82) is 0 Å². The van der Waals surface area contributed by atoms with Gasteiger partial charge in [-0.1, -0.05) is 51.1 Å². The SMILES string of the molecule is Cc1ccc(N2C[C@H](C(=O)N/N=C\c3ccc(C(C)(C)C)cc3)CC2=O)cc1C. The van der Waals surface area contributed by atoms with E-state index >= 15 is 0 Å². The van der Waals surface area contributed by atoms with Crippen LogP contribution in [0, 0.1) is 19.8 Å². The smallest absolute Gasteiger partial charge is 0.245 e. The van der Waals surface area contributed by atoms with Crippen LogP contribution in [0.2, 0.25) is 0 Å². The van der Waals surface area contributed by atoms with E-state index in [2.05, 4.69) is 43.4 Å². The van der Waals surface area contributed by atoms with Crippen LogP contribution < -0.4 is 10.3 Å². The minimum atomic E-state index is -0.399. The van der Waals surface area contributed by atoms with Crippen molar-refractivity contribution in [3.05, 3.63) is 64.7 Å². The van der Waals surface area contributed by atoms with Gasteiger partial charge in [0.1, 0.15) is 0 Å². The zero-order chi connectivity index (χ0) is 21.2. The van der Waals surface area contributed by atoms with Crippen LogP contribution in [0.4, 0.5) is 5.69 Å². The molecule has 1 N–H and O–H groups in total. The Balaban J connectivity index is 1.59. The third kappa shape index (κ3) is 4.91. The van der Waals surface area contributed by atoms with E-state index in [-0.39, 0.29) is 23.7 Å². The van der Waals surface area contributed by atoms with Crippen LogP contribution in [-0.4, -0.2) is 24.6 Å². The molecule has 2 aromatic rings. The summed E-state index contributed by atoms with van der Waals surface area (Å²) >= 11 is 0. The molecule has 1 heterocycles. The molecule has 0 unspecified atom stereocenters. The topological polar surface area (TPSA) is 61.8 Å². The molecule has 2 aromatic carbocycles. The second kappa shape index (κ2) is 8.19. The van der Waals surface area contributed by atoms with Gasteiger partial charge in [0.15, 0.2) is 0 Å². The number of hydrogen-bond acceptors (Lipinski definition) is 3. The van der Waals surface area contributed by atoms with Crippen molar-refractivity contribution in [3.8, 4) is 0 Å². The fraction of sp³-hybridized carbons (Fsp3) is 0.375. The molecule has 152 valence electrons. The summed E-state index contributed by atoms with van der Waals surface area (Å²) in [6.07, 6.45) is 1.83. The van der Waals surface area contributed by atoms with E-state index in [9.17, 15) is 9.59 Å². The Kier molecular flexibility index (Phi) is 5.87. The highest BCUT2D eigenvalue weighted by Crippen LogP contribution is 2.27. The molecule has 0 saturated carbocycles. The van der Waals surface area contributed by atoms with Crippen molar-refractivity contribution in [2.45, 2.75) is 46.5 Å². The lowest BCUT2D eigenvalue weighted by Gasteiger charge is -2.18. The standard InChI is InChI=1S/C24H29N3O2/c1-16-6-11-21(12-17(16)2)27-15-19(13-22(27)28)23(29)26-25-14-18-7-9-20(10-8-18)24(3,4)5/h6-12,14,19H,13,15H2,1-5H3,(H,26,29)/b25-14-/t19-/m1/s1. The van der Waals surface area contributed by atoms with Gasteiger partial charge in [0.2, 0.25) is 11.8 Å². The number of aryl methyl sites for hydroxylation is 2. The lowest BCUT2D eigenvalue weighted by molar-refractivity contribution is -0.126. The van der Waals surface area contributed by atoms with E-state index in [1.54, 1.807) is 11.1 Å².